The van der Waals surface area contributed by atoms with Gasteiger partial charge in [0.25, 0.3) is 0 Å². The van der Waals surface area contributed by atoms with Gasteiger partial charge in [-0.15, -0.1) is 0 Å². The molecule has 7 aromatic rings. The molecule has 0 amide bonds. The van der Waals surface area contributed by atoms with Gasteiger partial charge in [-0.25, -0.2) is 0 Å². The summed E-state index contributed by atoms with van der Waals surface area (Å²) in [6.07, 6.45) is 11.1. The smallest absolute Gasteiger partial charge is 0.0325 e. The molecule has 0 radical (unpaired) electrons. The van der Waals surface area contributed by atoms with Crippen molar-refractivity contribution in [1.82, 2.24) is 8.88 Å². The Morgan fingerprint density at radius 1 is 0.458 bits per heavy atom. The Bertz CT molecular complexity index is 2810. The van der Waals surface area contributed by atoms with Crippen molar-refractivity contribution < 1.29 is 0 Å². The van der Waals surface area contributed by atoms with Crippen molar-refractivity contribution in [3.8, 4) is 11.1 Å². The zero-order chi connectivity index (χ0) is 49.3. The summed E-state index contributed by atoms with van der Waals surface area (Å²) in [6, 6.07) is 71.9. The highest BCUT2D eigenvalue weighted by atomic mass is 31.2. The fourth-order valence-corrected chi connectivity index (χ4v) is 29.6. The predicted octanol–water partition coefficient (Wildman–Crippen LogP) is 18.5. The Labute approximate surface area is 438 Å². The van der Waals surface area contributed by atoms with Crippen molar-refractivity contribution in [2.45, 2.75) is 133 Å². The molecule has 2 nitrogen and oxygen atoms in total. The second-order valence-corrected chi connectivity index (χ2v) is 32.0. The number of rotatable bonds is 15. The number of nitrogens with zero attached hydrogens (tertiary/aromatic N) is 2. The van der Waals surface area contributed by atoms with Crippen LogP contribution < -0.4 is 15.9 Å². The van der Waals surface area contributed by atoms with Gasteiger partial charge in [0.2, 0.25) is 0 Å². The predicted molar refractivity (Wildman–Crippen MR) is 318 cm³/mol. The molecular weight excluding hydrogens is 945 g/mol. The summed E-state index contributed by atoms with van der Waals surface area (Å²) in [5, 5.41) is 4.83. The summed E-state index contributed by atoms with van der Waals surface area (Å²) >= 11 is 0. The number of benzene rings is 7. The quantitative estimate of drug-likeness (QED) is 0.0945. The molecule has 72 heavy (non-hydrogen) atoms. The van der Waals surface area contributed by atoms with E-state index in [1.54, 1.807) is 32.6 Å². The van der Waals surface area contributed by atoms with Gasteiger partial charge >= 0.3 is 0 Å². The van der Waals surface area contributed by atoms with Crippen molar-refractivity contribution in [3.63, 3.8) is 0 Å². The molecule has 6 heteroatoms. The number of hydrogen-bond acceptors (Lipinski definition) is 2. The van der Waals surface area contributed by atoms with Crippen LogP contribution >= 0.6 is 32.3 Å². The van der Waals surface area contributed by atoms with E-state index in [2.05, 4.69) is 232 Å². The largest absolute Gasteiger partial charge is 0.255 e. The summed E-state index contributed by atoms with van der Waals surface area (Å²) in [5.74, 6) is 0.621. The van der Waals surface area contributed by atoms with Crippen LogP contribution in [0.5, 0.6) is 0 Å². The third-order valence-electron chi connectivity index (χ3n) is 17.0. The number of unbranched alkanes of at least 4 members (excludes halogenated alkanes) is 2. The van der Waals surface area contributed by atoms with E-state index in [0.717, 1.165) is 13.0 Å². The van der Waals surface area contributed by atoms with Crippen molar-refractivity contribution in [2.75, 3.05) is 13.1 Å². The minimum Gasteiger partial charge on any atom is -0.255 e. The summed E-state index contributed by atoms with van der Waals surface area (Å²) in [7, 11) is -2.43. The molecule has 0 spiro atoms. The topological polar surface area (TPSA) is 6.48 Å². The lowest BCUT2D eigenvalue weighted by Gasteiger charge is -2.48. The van der Waals surface area contributed by atoms with Crippen LogP contribution in [0, 0.1) is 5.92 Å². The molecule has 7 aromatic carbocycles. The van der Waals surface area contributed by atoms with E-state index in [9.17, 15) is 0 Å². The molecular formula is C66H76N2P4. The maximum absolute atomic E-state index is 3.20. The molecule has 2 fully saturated rings. The Morgan fingerprint density at radius 2 is 0.889 bits per heavy atom. The van der Waals surface area contributed by atoms with Gasteiger partial charge in [-0.3, -0.25) is 8.88 Å². The maximum atomic E-state index is 3.20. The van der Waals surface area contributed by atoms with Gasteiger partial charge in [0.05, 0.1) is 0 Å². The normalized spacial score (nSPS) is 24.8. The van der Waals surface area contributed by atoms with Gasteiger partial charge in [0.15, 0.2) is 0 Å². The molecule has 3 unspecified atom stereocenters. The van der Waals surface area contributed by atoms with E-state index in [-0.39, 0.29) is 5.41 Å². The van der Waals surface area contributed by atoms with Crippen molar-refractivity contribution >= 4 is 48.2 Å². The highest BCUT2D eigenvalue weighted by molar-refractivity contribution is 7.80. The van der Waals surface area contributed by atoms with Crippen molar-refractivity contribution in [3.05, 3.63) is 221 Å². The van der Waals surface area contributed by atoms with Gasteiger partial charge in [-0.1, -0.05) is 230 Å². The van der Waals surface area contributed by atoms with Gasteiger partial charge < -0.3 is 0 Å². The highest BCUT2D eigenvalue weighted by Crippen LogP contribution is 2.79. The molecule has 0 aliphatic carbocycles. The van der Waals surface area contributed by atoms with Crippen molar-refractivity contribution in [2.24, 2.45) is 5.92 Å². The first kappa shape index (κ1) is 50.3. The van der Waals surface area contributed by atoms with Gasteiger partial charge in [-0.05, 0) is 145 Å². The Balaban J connectivity index is 1.03. The van der Waals surface area contributed by atoms with Crippen LogP contribution in [0.15, 0.2) is 182 Å². The van der Waals surface area contributed by atoms with Crippen LogP contribution in [-0.4, -0.2) is 27.6 Å². The molecule has 2 saturated heterocycles. The number of fused-ring (bicyclic) bond motifs is 3. The Morgan fingerprint density at radius 3 is 1.40 bits per heavy atom. The van der Waals surface area contributed by atoms with Crippen LogP contribution in [0.1, 0.15) is 154 Å². The van der Waals surface area contributed by atoms with Crippen LogP contribution in [0.3, 0.4) is 0 Å². The zero-order valence-electron chi connectivity index (χ0n) is 43.7. The SMILES string of the molecule is CCCCN(P1c2ccccc2C(C)(C)c2ccc(-c3ccc4c(c3)CC(C)[C@H](C)P4N(CCCC)P3[C@H](c4ccccc4)CC[C@H]3c3ccccc3)cc21)P1[C@H](c2ccccc2)CC[C@H]1c1ccccc1. The molecule has 11 rings (SSSR count). The average Bonchev–Trinajstić information content (AvgIpc) is 4.07. The molecule has 4 aliphatic heterocycles. The minimum absolute atomic E-state index is 0.100. The third kappa shape index (κ3) is 9.60. The standard InChI is InChI=1S/C66H76N2P4/c1-7-9-43-67(70-59(50-25-15-11-16-26-50)39-40-60(70)51-27-17-12-18-28-51)69-49(4)48(3)45-56-46-54(36-38-63(56)69)55-35-37-58-65(47-55)72(64-34-24-23-33-57(64)66(58,5)6)68(44-10-8-2)71-61(52-29-19-13-20-30-52)41-42-62(71)53-31-21-14-22-32-53/h11-38,46-49,59-62H,7-10,39-45H2,1-6H3/t48?,49-,59-,60-,61-,62-,69?,72?/m0/s1. The molecule has 4 aliphatic rings. The first-order valence-corrected chi connectivity index (χ1v) is 33.1. The lowest BCUT2D eigenvalue weighted by Crippen LogP contribution is -2.41. The summed E-state index contributed by atoms with van der Waals surface area (Å²) < 4.78 is 6.36. The molecule has 0 aromatic heterocycles. The van der Waals surface area contributed by atoms with Crippen molar-refractivity contribution in [1.29, 1.82) is 0 Å². The van der Waals surface area contributed by atoms with E-state index in [4.69, 9.17) is 0 Å². The fraction of sp³-hybridized carbons (Fsp3) is 0.364. The first-order valence-electron chi connectivity index (χ1n) is 27.5. The van der Waals surface area contributed by atoms with Crippen LogP contribution in [0.25, 0.3) is 11.1 Å². The summed E-state index contributed by atoms with van der Waals surface area (Å²) in [4.78, 5) is 0. The monoisotopic (exact) mass is 1020 g/mol. The minimum atomic E-state index is -0.825. The second kappa shape index (κ2) is 22.2. The van der Waals surface area contributed by atoms with E-state index in [1.807, 2.05) is 0 Å². The summed E-state index contributed by atoms with van der Waals surface area (Å²) in [5.41, 5.74) is 16.4. The summed E-state index contributed by atoms with van der Waals surface area (Å²) in [6.45, 7) is 17.3. The van der Waals surface area contributed by atoms with E-state index in [1.165, 1.54) is 91.3 Å². The van der Waals surface area contributed by atoms with E-state index < -0.39 is 32.3 Å². The molecule has 4 heterocycles. The molecule has 0 bridgehead atoms. The average molecular weight is 1020 g/mol. The zero-order valence-corrected chi connectivity index (χ0v) is 47.3. The van der Waals surface area contributed by atoms with Gasteiger partial charge in [0, 0.05) is 57.3 Å². The van der Waals surface area contributed by atoms with Crippen LogP contribution in [0.4, 0.5) is 0 Å². The molecule has 0 saturated carbocycles. The lowest BCUT2D eigenvalue weighted by atomic mass is 9.77. The molecule has 0 N–H and O–H groups in total. The van der Waals surface area contributed by atoms with E-state index in [0.29, 0.717) is 34.2 Å². The number of hydrogen-bond donors (Lipinski definition) is 0. The lowest BCUT2D eigenvalue weighted by molar-refractivity contribution is 0.539. The highest BCUT2D eigenvalue weighted by Gasteiger charge is 2.49. The molecule has 370 valence electrons. The maximum Gasteiger partial charge on any atom is 0.0325 e. The first-order chi connectivity index (χ1) is 35.3. The molecule has 8 atom stereocenters. The fourth-order valence-electron chi connectivity index (χ4n) is 13.1. The van der Waals surface area contributed by atoms with Gasteiger partial charge in [0.1, 0.15) is 0 Å². The Kier molecular flexibility index (Phi) is 15.5. The van der Waals surface area contributed by atoms with Crippen LogP contribution in [0.2, 0.25) is 0 Å². The second-order valence-electron chi connectivity index (χ2n) is 21.8. The third-order valence-corrected chi connectivity index (χ3v) is 30.8. The van der Waals surface area contributed by atoms with Crippen LogP contribution in [-0.2, 0) is 11.8 Å². The Hall–Kier alpha value is -3.82. The van der Waals surface area contributed by atoms with E-state index >= 15 is 0 Å². The van der Waals surface area contributed by atoms with Gasteiger partial charge in [-0.2, -0.15) is 0 Å².